The minimum atomic E-state index is -0.599. The van der Waals surface area contributed by atoms with Gasteiger partial charge in [0.05, 0.1) is 6.04 Å². The molecule has 0 heterocycles. The summed E-state index contributed by atoms with van der Waals surface area (Å²) in [5, 5.41) is 0. The van der Waals surface area contributed by atoms with E-state index in [0.29, 0.717) is 12.1 Å². The van der Waals surface area contributed by atoms with E-state index in [9.17, 15) is 9.59 Å². The van der Waals surface area contributed by atoms with Crippen molar-refractivity contribution in [1.82, 2.24) is 4.90 Å². The van der Waals surface area contributed by atoms with Crippen molar-refractivity contribution in [3.63, 3.8) is 0 Å². The number of hydrogen-bond acceptors (Lipinski definition) is 3. The molecule has 0 fully saturated rings. The van der Waals surface area contributed by atoms with Gasteiger partial charge in [0.25, 0.3) is 0 Å². The van der Waals surface area contributed by atoms with Gasteiger partial charge in [0, 0.05) is 23.0 Å². The van der Waals surface area contributed by atoms with Crippen molar-refractivity contribution < 1.29 is 14.3 Å². The van der Waals surface area contributed by atoms with Crippen LogP contribution >= 0.6 is 15.9 Å². The van der Waals surface area contributed by atoms with Gasteiger partial charge >= 0.3 is 6.09 Å². The highest BCUT2D eigenvalue weighted by atomic mass is 79.9. The Balaban J connectivity index is 2.17. The van der Waals surface area contributed by atoms with Gasteiger partial charge in [0.2, 0.25) is 0 Å². The molecule has 1 atom stereocenters. The number of benzene rings is 2. The van der Waals surface area contributed by atoms with Crippen molar-refractivity contribution in [2.75, 3.05) is 6.54 Å². The maximum Gasteiger partial charge on any atom is 0.410 e. The molecule has 0 bridgehead atoms. The summed E-state index contributed by atoms with van der Waals surface area (Å²) in [7, 11) is 0. The molecule has 2 aromatic carbocycles. The third-order valence-corrected chi connectivity index (χ3v) is 4.65. The molecule has 0 aliphatic carbocycles. The normalized spacial score (nSPS) is 12.3. The van der Waals surface area contributed by atoms with E-state index in [2.05, 4.69) is 15.9 Å². The lowest BCUT2D eigenvalue weighted by atomic mass is 10.1. The average Bonchev–Trinajstić information content (AvgIpc) is 2.61. The third-order valence-electron chi connectivity index (χ3n) is 4.12. The highest BCUT2D eigenvalue weighted by molar-refractivity contribution is 9.10. The first-order valence-corrected chi connectivity index (χ1v) is 9.80. The van der Waals surface area contributed by atoms with Crippen LogP contribution in [0.15, 0.2) is 59.1 Å². The number of nitrogens with zero attached hydrogens (tertiary/aromatic N) is 1. The second-order valence-electron chi connectivity index (χ2n) is 7.44. The molecule has 4 nitrogen and oxygen atoms in total. The van der Waals surface area contributed by atoms with Gasteiger partial charge < -0.3 is 9.64 Å². The van der Waals surface area contributed by atoms with E-state index in [1.54, 1.807) is 17.0 Å². The minimum Gasteiger partial charge on any atom is -0.444 e. The molecule has 27 heavy (non-hydrogen) atoms. The molecular formula is C22H26BrNO3. The Morgan fingerprint density at radius 3 is 2.19 bits per heavy atom. The summed E-state index contributed by atoms with van der Waals surface area (Å²) >= 11 is 3.43. The summed E-state index contributed by atoms with van der Waals surface area (Å²) in [6.07, 6.45) is -0.178. The van der Waals surface area contributed by atoms with Crippen LogP contribution in [-0.4, -0.2) is 28.9 Å². The summed E-state index contributed by atoms with van der Waals surface area (Å²) in [6, 6.07) is 16.7. The molecule has 144 valence electrons. The van der Waals surface area contributed by atoms with Gasteiger partial charge in [-0.1, -0.05) is 58.4 Å². The zero-order chi connectivity index (χ0) is 20.0. The molecule has 0 aliphatic heterocycles. The first-order chi connectivity index (χ1) is 12.7. The molecule has 0 saturated heterocycles. The van der Waals surface area contributed by atoms with Gasteiger partial charge in [-0.05, 0) is 45.4 Å². The Bertz CT molecular complexity index is 766. The van der Waals surface area contributed by atoms with Crippen molar-refractivity contribution in [3.05, 3.63) is 70.2 Å². The van der Waals surface area contributed by atoms with Gasteiger partial charge in [0.1, 0.15) is 5.60 Å². The van der Waals surface area contributed by atoms with E-state index >= 15 is 0 Å². The second-order valence-corrected chi connectivity index (χ2v) is 8.36. The van der Waals surface area contributed by atoms with Crippen LogP contribution in [0.4, 0.5) is 4.79 Å². The number of carbonyl (C=O) groups is 2. The molecule has 2 rings (SSSR count). The first-order valence-electron chi connectivity index (χ1n) is 9.01. The SMILES string of the molecule is CC(c1ccc(Br)cc1)N(CCC(=O)c1ccccc1)C(=O)OC(C)(C)C. The molecule has 1 amide bonds. The third kappa shape index (κ3) is 6.51. The van der Waals surface area contributed by atoms with E-state index < -0.39 is 11.7 Å². The molecule has 0 aromatic heterocycles. The monoisotopic (exact) mass is 431 g/mol. The maximum atomic E-state index is 12.8. The predicted octanol–water partition coefficient (Wildman–Crippen LogP) is 6.02. The Hall–Kier alpha value is -2.14. The van der Waals surface area contributed by atoms with E-state index in [4.69, 9.17) is 4.74 Å². The molecule has 2 aromatic rings. The van der Waals surface area contributed by atoms with E-state index in [0.717, 1.165) is 10.0 Å². The average molecular weight is 432 g/mol. The van der Waals surface area contributed by atoms with E-state index in [1.807, 2.05) is 70.2 Å². The summed E-state index contributed by atoms with van der Waals surface area (Å²) in [6.45, 7) is 7.74. The molecule has 0 saturated carbocycles. The number of ketones is 1. The van der Waals surface area contributed by atoms with Crippen LogP contribution in [-0.2, 0) is 4.74 Å². The largest absolute Gasteiger partial charge is 0.444 e. The number of Topliss-reactive ketones (excluding diaryl/α,β-unsaturated/α-hetero) is 1. The lowest BCUT2D eigenvalue weighted by molar-refractivity contribution is 0.0173. The standard InChI is InChI=1S/C22H26BrNO3/c1-16(17-10-12-19(23)13-11-17)24(21(26)27-22(2,3)4)15-14-20(25)18-8-6-5-7-9-18/h5-13,16H,14-15H2,1-4H3. The molecule has 0 aliphatic rings. The predicted molar refractivity (Wildman–Crippen MR) is 111 cm³/mol. The van der Waals surface area contributed by atoms with E-state index in [1.165, 1.54) is 0 Å². The van der Waals surface area contributed by atoms with Crippen LogP contribution in [0.1, 0.15) is 56.1 Å². The quantitative estimate of drug-likeness (QED) is 0.525. The summed E-state index contributed by atoms with van der Waals surface area (Å²) in [4.78, 5) is 26.9. The van der Waals surface area contributed by atoms with Crippen molar-refractivity contribution in [2.24, 2.45) is 0 Å². The van der Waals surface area contributed by atoms with Crippen LogP contribution in [0.2, 0.25) is 0 Å². The lowest BCUT2D eigenvalue weighted by Crippen LogP contribution is -2.39. The fourth-order valence-electron chi connectivity index (χ4n) is 2.68. The van der Waals surface area contributed by atoms with Crippen LogP contribution in [0.5, 0.6) is 0 Å². The number of ether oxygens (including phenoxy) is 1. The zero-order valence-electron chi connectivity index (χ0n) is 16.2. The van der Waals surface area contributed by atoms with Gasteiger partial charge in [0.15, 0.2) is 5.78 Å². The number of hydrogen-bond donors (Lipinski definition) is 0. The van der Waals surface area contributed by atoms with Gasteiger partial charge in [-0.2, -0.15) is 0 Å². The van der Waals surface area contributed by atoms with E-state index in [-0.39, 0.29) is 18.2 Å². The number of carbonyl (C=O) groups excluding carboxylic acids is 2. The van der Waals surface area contributed by atoms with Crippen LogP contribution in [0.25, 0.3) is 0 Å². The molecule has 0 N–H and O–H groups in total. The van der Waals surface area contributed by atoms with Gasteiger partial charge in [-0.15, -0.1) is 0 Å². The highest BCUT2D eigenvalue weighted by Crippen LogP contribution is 2.25. The maximum absolute atomic E-state index is 12.8. The van der Waals surface area contributed by atoms with Crippen molar-refractivity contribution >= 4 is 27.8 Å². The lowest BCUT2D eigenvalue weighted by Gasteiger charge is -2.32. The highest BCUT2D eigenvalue weighted by Gasteiger charge is 2.27. The fraction of sp³-hybridized carbons (Fsp3) is 0.364. The summed E-state index contributed by atoms with van der Waals surface area (Å²) < 4.78 is 6.54. The molecule has 0 radical (unpaired) electrons. The van der Waals surface area contributed by atoms with Crippen LogP contribution in [0.3, 0.4) is 0 Å². The van der Waals surface area contributed by atoms with Crippen molar-refractivity contribution in [1.29, 1.82) is 0 Å². The molecule has 1 unspecified atom stereocenters. The summed E-state index contributed by atoms with van der Waals surface area (Å²) in [5.74, 6) is 0.00663. The molecule has 0 spiro atoms. The smallest absolute Gasteiger partial charge is 0.410 e. The zero-order valence-corrected chi connectivity index (χ0v) is 17.8. The van der Waals surface area contributed by atoms with Crippen molar-refractivity contribution in [3.8, 4) is 0 Å². The minimum absolute atomic E-state index is 0.00663. The molecular weight excluding hydrogens is 406 g/mol. The number of halogens is 1. The second kappa shape index (κ2) is 9.18. The number of rotatable bonds is 6. The Labute approximate surface area is 169 Å². The van der Waals surface area contributed by atoms with Crippen molar-refractivity contribution in [2.45, 2.75) is 45.8 Å². The van der Waals surface area contributed by atoms with Gasteiger partial charge in [-0.3, -0.25) is 4.79 Å². The Morgan fingerprint density at radius 2 is 1.63 bits per heavy atom. The number of amides is 1. The van der Waals surface area contributed by atoms with Crippen LogP contribution < -0.4 is 0 Å². The first kappa shape index (κ1) is 21.2. The topological polar surface area (TPSA) is 46.6 Å². The summed E-state index contributed by atoms with van der Waals surface area (Å²) in [5.41, 5.74) is 1.03. The Morgan fingerprint density at radius 1 is 1.04 bits per heavy atom. The van der Waals surface area contributed by atoms with Gasteiger partial charge in [-0.25, -0.2) is 4.79 Å². The fourth-order valence-corrected chi connectivity index (χ4v) is 2.94. The van der Waals surface area contributed by atoms with Crippen LogP contribution in [0, 0.1) is 0 Å². The molecule has 5 heteroatoms. The Kier molecular flexibility index (Phi) is 7.19.